The van der Waals surface area contributed by atoms with Crippen molar-refractivity contribution in [3.8, 4) is 5.75 Å². The summed E-state index contributed by atoms with van der Waals surface area (Å²) in [5.41, 5.74) is 6.92. The molecule has 0 aliphatic heterocycles. The Bertz CT molecular complexity index is 1150. The van der Waals surface area contributed by atoms with Crippen LogP contribution in [0.25, 0.3) is 10.9 Å². The first-order valence-corrected chi connectivity index (χ1v) is 11.3. The van der Waals surface area contributed by atoms with Crippen molar-refractivity contribution in [3.05, 3.63) is 101 Å². The summed E-state index contributed by atoms with van der Waals surface area (Å²) in [5.74, 6) is 1.40. The lowest BCUT2D eigenvalue weighted by Crippen LogP contribution is -2.40. The molecule has 0 amide bonds. The van der Waals surface area contributed by atoms with Gasteiger partial charge in [-0.25, -0.2) is 0 Å². The van der Waals surface area contributed by atoms with E-state index in [0.717, 1.165) is 31.6 Å². The zero-order valence-electron chi connectivity index (χ0n) is 18.1. The molecular formula is C28H30N2O. The second-order valence-electron chi connectivity index (χ2n) is 8.57. The summed E-state index contributed by atoms with van der Waals surface area (Å²) in [4.78, 5) is 3.40. The number of ether oxygens (including phenoxy) is 1. The maximum atomic E-state index is 5.56. The van der Waals surface area contributed by atoms with E-state index in [-0.39, 0.29) is 0 Å². The normalized spacial score (nSPS) is 18.1. The first-order valence-electron chi connectivity index (χ1n) is 11.3. The molecule has 31 heavy (non-hydrogen) atoms. The second-order valence-corrected chi connectivity index (χ2v) is 8.57. The van der Waals surface area contributed by atoms with Crippen molar-refractivity contribution in [1.82, 2.24) is 10.3 Å². The van der Waals surface area contributed by atoms with E-state index in [2.05, 4.69) is 89.3 Å². The number of rotatable bonds is 7. The number of fused-ring (bicyclic) bond motifs is 2. The number of aromatic nitrogens is 1. The van der Waals surface area contributed by atoms with Gasteiger partial charge in [-0.3, -0.25) is 0 Å². The number of para-hydroxylation sites is 1. The van der Waals surface area contributed by atoms with Crippen molar-refractivity contribution < 1.29 is 4.74 Å². The molecule has 1 unspecified atom stereocenters. The molecule has 0 saturated carbocycles. The first kappa shape index (κ1) is 19.9. The number of hydrogen-bond donors (Lipinski definition) is 2. The summed E-state index contributed by atoms with van der Waals surface area (Å²) >= 11 is 0. The molecule has 3 heteroatoms. The lowest BCUT2D eigenvalue weighted by molar-refractivity contribution is 0.380. The fourth-order valence-electron chi connectivity index (χ4n) is 5.10. The molecule has 0 radical (unpaired) electrons. The quantitative estimate of drug-likeness (QED) is 0.413. The molecule has 0 spiro atoms. The van der Waals surface area contributed by atoms with Crippen molar-refractivity contribution in [2.45, 2.75) is 37.6 Å². The van der Waals surface area contributed by atoms with Crippen LogP contribution in [-0.2, 0) is 19.3 Å². The van der Waals surface area contributed by atoms with Crippen molar-refractivity contribution in [2.24, 2.45) is 0 Å². The van der Waals surface area contributed by atoms with Gasteiger partial charge in [-0.1, -0.05) is 54.6 Å². The second kappa shape index (κ2) is 8.99. The van der Waals surface area contributed by atoms with Crippen LogP contribution in [-0.4, -0.2) is 24.7 Å². The smallest absolute Gasteiger partial charge is 0.119 e. The highest BCUT2D eigenvalue weighted by molar-refractivity contribution is 5.83. The highest BCUT2D eigenvalue weighted by atomic mass is 16.5. The number of methoxy groups -OCH3 is 1. The minimum atomic E-state index is 0.448. The largest absolute Gasteiger partial charge is 0.497 e. The number of benzene rings is 3. The van der Waals surface area contributed by atoms with Gasteiger partial charge in [0.2, 0.25) is 0 Å². The van der Waals surface area contributed by atoms with Gasteiger partial charge in [0.05, 0.1) is 7.11 Å². The third kappa shape index (κ3) is 4.24. The molecule has 0 saturated heterocycles. The zero-order valence-corrected chi connectivity index (χ0v) is 18.1. The molecule has 4 aromatic rings. The molecule has 0 bridgehead atoms. The summed E-state index contributed by atoms with van der Waals surface area (Å²) < 4.78 is 5.56. The molecule has 2 N–H and O–H groups in total. The van der Waals surface area contributed by atoms with Gasteiger partial charge in [-0.2, -0.15) is 0 Å². The lowest BCUT2D eigenvalue weighted by atomic mass is 9.76. The van der Waals surface area contributed by atoms with Gasteiger partial charge in [0.1, 0.15) is 5.75 Å². The Labute approximate surface area is 184 Å². The molecule has 1 aromatic heterocycles. The maximum Gasteiger partial charge on any atom is 0.119 e. The number of nitrogens with one attached hydrogen (secondary N) is 2. The summed E-state index contributed by atoms with van der Waals surface area (Å²) in [7, 11) is 1.76. The average Bonchev–Trinajstić information content (AvgIpc) is 3.24. The molecule has 1 aliphatic carbocycles. The van der Waals surface area contributed by atoms with E-state index in [9.17, 15) is 0 Å². The third-order valence-corrected chi connectivity index (χ3v) is 6.74. The van der Waals surface area contributed by atoms with Crippen LogP contribution in [0.5, 0.6) is 5.75 Å². The highest BCUT2D eigenvalue weighted by Gasteiger charge is 2.29. The summed E-state index contributed by atoms with van der Waals surface area (Å²) in [5, 5.41) is 5.26. The van der Waals surface area contributed by atoms with Gasteiger partial charge < -0.3 is 15.0 Å². The molecule has 1 aliphatic rings. The maximum absolute atomic E-state index is 5.56. The van der Waals surface area contributed by atoms with Gasteiger partial charge in [-0.05, 0) is 72.7 Å². The fourth-order valence-corrected chi connectivity index (χ4v) is 5.10. The molecular weight excluding hydrogens is 380 g/mol. The Morgan fingerprint density at radius 1 is 1.00 bits per heavy atom. The Morgan fingerprint density at radius 3 is 2.71 bits per heavy atom. The van der Waals surface area contributed by atoms with Gasteiger partial charge in [0.15, 0.2) is 0 Å². The minimum absolute atomic E-state index is 0.448. The standard InChI is InChI=1S/C28H30N2O/c1-31-23-13-11-21-12-14-28(26(25(21)18-23)17-20-7-3-2-4-8-20)29-16-15-22-19-30-27-10-6-5-9-24(22)27/h2-11,13,18-19,26,28-30H,12,14-17H2,1H3/t26-,28?/m1/s1. The van der Waals surface area contributed by atoms with Crippen molar-refractivity contribution in [1.29, 1.82) is 0 Å². The van der Waals surface area contributed by atoms with E-state index in [4.69, 9.17) is 4.74 Å². The van der Waals surface area contributed by atoms with E-state index in [1.54, 1.807) is 7.11 Å². The summed E-state index contributed by atoms with van der Waals surface area (Å²) in [6.45, 7) is 0.983. The predicted octanol–water partition coefficient (Wildman–Crippen LogP) is 5.65. The van der Waals surface area contributed by atoms with E-state index >= 15 is 0 Å². The van der Waals surface area contributed by atoms with Gasteiger partial charge >= 0.3 is 0 Å². The molecule has 3 aromatic carbocycles. The topological polar surface area (TPSA) is 37.0 Å². The van der Waals surface area contributed by atoms with Crippen LogP contribution in [0.4, 0.5) is 0 Å². The van der Waals surface area contributed by atoms with Crippen LogP contribution in [0.3, 0.4) is 0 Å². The Balaban J connectivity index is 1.35. The van der Waals surface area contributed by atoms with E-state index in [0.29, 0.717) is 12.0 Å². The number of aryl methyl sites for hydroxylation is 1. The SMILES string of the molecule is COc1ccc2c(c1)[C@@H](Cc1ccccc1)C(NCCc1c[nH]c3ccccc13)CC2. The summed E-state index contributed by atoms with van der Waals surface area (Å²) in [6.07, 6.45) is 6.53. The van der Waals surface area contributed by atoms with Crippen LogP contribution in [0.2, 0.25) is 0 Å². The zero-order chi connectivity index (χ0) is 21.0. The van der Waals surface area contributed by atoms with Gasteiger partial charge in [0, 0.05) is 29.1 Å². The van der Waals surface area contributed by atoms with E-state index in [1.165, 1.54) is 39.6 Å². The third-order valence-electron chi connectivity index (χ3n) is 6.74. The van der Waals surface area contributed by atoms with Gasteiger partial charge in [0.25, 0.3) is 0 Å². The Kier molecular flexibility index (Phi) is 5.77. The molecule has 3 nitrogen and oxygen atoms in total. The number of hydrogen-bond acceptors (Lipinski definition) is 2. The van der Waals surface area contributed by atoms with E-state index < -0.39 is 0 Å². The summed E-state index contributed by atoms with van der Waals surface area (Å²) in [6, 6.07) is 26.5. The molecule has 1 heterocycles. The van der Waals surface area contributed by atoms with E-state index in [1.807, 2.05) is 0 Å². The fraction of sp³-hybridized carbons (Fsp3) is 0.286. The highest BCUT2D eigenvalue weighted by Crippen LogP contribution is 2.36. The number of H-pyrrole nitrogens is 1. The number of aromatic amines is 1. The van der Waals surface area contributed by atoms with Crippen LogP contribution < -0.4 is 10.1 Å². The predicted molar refractivity (Wildman–Crippen MR) is 128 cm³/mol. The van der Waals surface area contributed by atoms with Crippen molar-refractivity contribution >= 4 is 10.9 Å². The Morgan fingerprint density at radius 2 is 1.84 bits per heavy atom. The van der Waals surface area contributed by atoms with Gasteiger partial charge in [-0.15, -0.1) is 0 Å². The molecule has 2 atom stereocenters. The van der Waals surface area contributed by atoms with Crippen LogP contribution in [0, 0.1) is 0 Å². The first-order chi connectivity index (χ1) is 15.3. The molecule has 0 fully saturated rings. The van der Waals surface area contributed by atoms with Crippen molar-refractivity contribution in [3.63, 3.8) is 0 Å². The lowest BCUT2D eigenvalue weighted by Gasteiger charge is -2.35. The average molecular weight is 411 g/mol. The minimum Gasteiger partial charge on any atom is -0.497 e. The van der Waals surface area contributed by atoms with Crippen LogP contribution in [0.1, 0.15) is 34.6 Å². The van der Waals surface area contributed by atoms with Crippen LogP contribution >= 0.6 is 0 Å². The van der Waals surface area contributed by atoms with Crippen molar-refractivity contribution in [2.75, 3.05) is 13.7 Å². The Hall–Kier alpha value is -3.04. The molecule has 158 valence electrons. The monoisotopic (exact) mass is 410 g/mol. The van der Waals surface area contributed by atoms with Crippen LogP contribution in [0.15, 0.2) is 79.0 Å². The molecule has 5 rings (SSSR count).